The largest absolute Gasteiger partial charge is 0.384 e. The van der Waals surface area contributed by atoms with Gasteiger partial charge in [0.25, 0.3) is 5.69 Å². The van der Waals surface area contributed by atoms with Gasteiger partial charge in [-0.25, -0.2) is 13.4 Å². The van der Waals surface area contributed by atoms with Crippen molar-refractivity contribution in [1.82, 2.24) is 9.29 Å². The van der Waals surface area contributed by atoms with Crippen LogP contribution in [0.2, 0.25) is 0 Å². The summed E-state index contributed by atoms with van der Waals surface area (Å²) in [6.45, 7) is 1.35. The van der Waals surface area contributed by atoms with Gasteiger partial charge in [0.05, 0.1) is 25.8 Å². The fraction of sp³-hybridized carbons (Fsp3) is 0.316. The lowest BCUT2D eigenvalue weighted by molar-refractivity contribution is -0.385. The molecular formula is C19H20N4O4S2. The third kappa shape index (κ3) is 4.09. The predicted molar refractivity (Wildman–Crippen MR) is 113 cm³/mol. The van der Waals surface area contributed by atoms with Crippen LogP contribution in [0.15, 0.2) is 47.4 Å². The summed E-state index contributed by atoms with van der Waals surface area (Å²) in [5.74, 6) is 0. The van der Waals surface area contributed by atoms with Crippen LogP contribution in [0.4, 0.5) is 11.4 Å². The number of hydrogen-bond acceptors (Lipinski definition) is 7. The zero-order chi connectivity index (χ0) is 20.4. The maximum Gasteiger partial charge on any atom is 0.270 e. The van der Waals surface area contributed by atoms with E-state index in [-0.39, 0.29) is 10.6 Å². The quantitative estimate of drug-likeness (QED) is 0.451. The Morgan fingerprint density at radius 1 is 1.17 bits per heavy atom. The summed E-state index contributed by atoms with van der Waals surface area (Å²) in [6, 6.07) is 11.8. The highest BCUT2D eigenvalue weighted by atomic mass is 32.2. The summed E-state index contributed by atoms with van der Waals surface area (Å²) in [5, 5.41) is 15.3. The molecule has 0 atom stereocenters. The molecule has 1 N–H and O–H groups in total. The number of para-hydroxylation sites is 1. The lowest BCUT2D eigenvalue weighted by atomic mass is 10.2. The third-order valence-electron chi connectivity index (χ3n) is 4.85. The van der Waals surface area contributed by atoms with Gasteiger partial charge < -0.3 is 5.32 Å². The van der Waals surface area contributed by atoms with Gasteiger partial charge in [-0.05, 0) is 31.0 Å². The molecule has 4 rings (SSSR count). The lowest BCUT2D eigenvalue weighted by Gasteiger charge is -2.18. The monoisotopic (exact) mass is 432 g/mol. The van der Waals surface area contributed by atoms with Gasteiger partial charge in [-0.1, -0.05) is 12.1 Å². The van der Waals surface area contributed by atoms with Crippen molar-refractivity contribution in [2.24, 2.45) is 0 Å². The van der Waals surface area contributed by atoms with Crippen molar-refractivity contribution in [2.75, 3.05) is 25.0 Å². The van der Waals surface area contributed by atoms with Crippen molar-refractivity contribution in [3.8, 4) is 0 Å². The maximum absolute atomic E-state index is 13.0. The van der Waals surface area contributed by atoms with Crippen molar-refractivity contribution in [3.05, 3.63) is 57.6 Å². The van der Waals surface area contributed by atoms with Crippen molar-refractivity contribution in [1.29, 1.82) is 0 Å². The van der Waals surface area contributed by atoms with Crippen LogP contribution in [0.1, 0.15) is 17.8 Å². The number of anilines is 1. The van der Waals surface area contributed by atoms with Gasteiger partial charge in [0.2, 0.25) is 10.0 Å². The molecule has 29 heavy (non-hydrogen) atoms. The highest BCUT2D eigenvalue weighted by Gasteiger charge is 2.30. The number of aromatic nitrogens is 1. The highest BCUT2D eigenvalue weighted by Crippen LogP contribution is 2.31. The average molecular weight is 433 g/mol. The van der Waals surface area contributed by atoms with Gasteiger partial charge in [0.1, 0.15) is 4.90 Å². The van der Waals surface area contributed by atoms with E-state index in [9.17, 15) is 18.5 Å². The molecule has 0 radical (unpaired) electrons. The Hall–Kier alpha value is -2.56. The Labute approximate surface area is 172 Å². The van der Waals surface area contributed by atoms with E-state index in [2.05, 4.69) is 10.3 Å². The molecular weight excluding hydrogens is 412 g/mol. The number of benzene rings is 2. The Morgan fingerprint density at radius 3 is 2.66 bits per heavy atom. The second-order valence-electron chi connectivity index (χ2n) is 6.80. The van der Waals surface area contributed by atoms with Crippen LogP contribution in [0.25, 0.3) is 10.2 Å². The topological polar surface area (TPSA) is 105 Å². The zero-order valence-corrected chi connectivity index (χ0v) is 17.2. The van der Waals surface area contributed by atoms with Crippen LogP contribution in [0.5, 0.6) is 0 Å². The van der Waals surface area contributed by atoms with Crippen LogP contribution < -0.4 is 5.32 Å². The third-order valence-corrected chi connectivity index (χ3v) is 7.89. The molecule has 2 heterocycles. The first-order valence-corrected chi connectivity index (χ1v) is 11.6. The minimum Gasteiger partial charge on any atom is -0.384 e. The number of nitro groups is 1. The molecule has 0 unspecified atom stereocenters. The normalized spacial score (nSPS) is 15.0. The molecule has 2 aromatic carbocycles. The maximum atomic E-state index is 13.0. The molecule has 10 heteroatoms. The Morgan fingerprint density at radius 2 is 1.93 bits per heavy atom. The summed E-state index contributed by atoms with van der Waals surface area (Å²) in [4.78, 5) is 15.1. The molecule has 0 aliphatic carbocycles. The molecule has 1 fully saturated rings. The Kier molecular flexibility index (Phi) is 5.48. The van der Waals surface area contributed by atoms with Crippen molar-refractivity contribution in [2.45, 2.75) is 24.2 Å². The summed E-state index contributed by atoms with van der Waals surface area (Å²) < 4.78 is 28.6. The van der Waals surface area contributed by atoms with Crippen LogP contribution >= 0.6 is 11.3 Å². The number of thiazole rings is 1. The standard InChI is InChI=1S/C19H20N4O4S2/c24-23(25)14-7-8-16(18(13-14)29(26,27)22-11-3-4-12-22)20-10-9-19-21-15-5-1-2-6-17(15)28-19/h1-2,5-8,13,20H,3-4,9-12H2. The summed E-state index contributed by atoms with van der Waals surface area (Å²) in [5.41, 5.74) is 1.09. The number of nitrogens with zero attached hydrogens (tertiary/aromatic N) is 3. The van der Waals surface area contributed by atoms with Gasteiger partial charge in [-0.15, -0.1) is 11.3 Å². The molecule has 8 nitrogen and oxygen atoms in total. The van der Waals surface area contributed by atoms with E-state index in [1.54, 1.807) is 11.3 Å². The van der Waals surface area contributed by atoms with E-state index in [0.717, 1.165) is 34.1 Å². The second kappa shape index (κ2) is 8.05. The van der Waals surface area contributed by atoms with Crippen molar-refractivity contribution in [3.63, 3.8) is 0 Å². The van der Waals surface area contributed by atoms with Crippen LogP contribution in [-0.4, -0.2) is 42.3 Å². The number of fused-ring (bicyclic) bond motifs is 1. The minimum absolute atomic E-state index is 0.0436. The lowest BCUT2D eigenvalue weighted by Crippen LogP contribution is -2.28. The SMILES string of the molecule is O=[N+]([O-])c1ccc(NCCc2nc3ccccc3s2)c(S(=O)(=O)N2CCCC2)c1. The van der Waals surface area contributed by atoms with Gasteiger partial charge in [0.15, 0.2) is 0 Å². The predicted octanol–water partition coefficient (Wildman–Crippen LogP) is 3.64. The number of sulfonamides is 1. The van der Waals surface area contributed by atoms with Gasteiger partial charge >= 0.3 is 0 Å². The molecule has 0 amide bonds. The van der Waals surface area contributed by atoms with Crippen LogP contribution in [0, 0.1) is 10.1 Å². The van der Waals surface area contributed by atoms with E-state index < -0.39 is 14.9 Å². The molecule has 3 aromatic rings. The summed E-state index contributed by atoms with van der Waals surface area (Å²) in [6.07, 6.45) is 2.22. The highest BCUT2D eigenvalue weighted by molar-refractivity contribution is 7.89. The first-order valence-electron chi connectivity index (χ1n) is 9.32. The van der Waals surface area contributed by atoms with E-state index in [1.807, 2.05) is 24.3 Å². The van der Waals surface area contributed by atoms with Crippen LogP contribution in [0.3, 0.4) is 0 Å². The zero-order valence-electron chi connectivity index (χ0n) is 15.6. The molecule has 1 aliphatic rings. The number of nitrogens with one attached hydrogen (secondary N) is 1. The average Bonchev–Trinajstić information content (AvgIpc) is 3.38. The fourth-order valence-electron chi connectivity index (χ4n) is 3.38. The fourth-order valence-corrected chi connectivity index (χ4v) is 6.05. The first-order chi connectivity index (χ1) is 13.9. The minimum atomic E-state index is -3.79. The van der Waals surface area contributed by atoms with Gasteiger partial charge in [-0.3, -0.25) is 10.1 Å². The number of rotatable bonds is 7. The molecule has 1 aromatic heterocycles. The first kappa shape index (κ1) is 19.7. The van der Waals surface area contributed by atoms with Crippen molar-refractivity contribution >= 4 is 43.0 Å². The second-order valence-corrected chi connectivity index (χ2v) is 9.82. The smallest absolute Gasteiger partial charge is 0.270 e. The van der Waals surface area contributed by atoms with E-state index in [4.69, 9.17) is 0 Å². The van der Waals surface area contributed by atoms with Crippen molar-refractivity contribution < 1.29 is 13.3 Å². The Bertz CT molecular complexity index is 1120. The van der Waals surface area contributed by atoms with Gasteiger partial charge in [0, 0.05) is 38.2 Å². The van der Waals surface area contributed by atoms with E-state index >= 15 is 0 Å². The number of non-ortho nitro benzene ring substituents is 1. The molecule has 0 saturated carbocycles. The Balaban J connectivity index is 1.56. The molecule has 0 spiro atoms. The number of hydrogen-bond donors (Lipinski definition) is 1. The van der Waals surface area contributed by atoms with E-state index in [0.29, 0.717) is 31.7 Å². The molecule has 0 bridgehead atoms. The molecule has 1 saturated heterocycles. The summed E-state index contributed by atoms with van der Waals surface area (Å²) >= 11 is 1.60. The van der Waals surface area contributed by atoms with E-state index in [1.165, 1.54) is 16.4 Å². The molecule has 1 aliphatic heterocycles. The summed E-state index contributed by atoms with van der Waals surface area (Å²) in [7, 11) is -3.79. The van der Waals surface area contributed by atoms with Crippen LogP contribution in [-0.2, 0) is 16.4 Å². The van der Waals surface area contributed by atoms with Gasteiger partial charge in [-0.2, -0.15) is 4.31 Å². The number of nitro benzene ring substituents is 1. The molecule has 152 valence electrons.